The zero-order valence-corrected chi connectivity index (χ0v) is 17.8. The highest BCUT2D eigenvalue weighted by atomic mass is 16.5. The van der Waals surface area contributed by atoms with E-state index in [1.54, 1.807) is 66.9 Å². The number of pyridine rings is 1. The minimum Gasteiger partial charge on any atom is -0.503 e. The third kappa shape index (κ3) is 3.53. The topological polar surface area (TPSA) is 92.9 Å². The van der Waals surface area contributed by atoms with Crippen molar-refractivity contribution in [1.82, 2.24) is 4.98 Å². The number of Topliss-reactive ketones (excluding diaryl/α,β-unsaturated/α-hetero) is 1. The number of carbonyl (C=O) groups excluding carboxylic acids is 2. The lowest BCUT2D eigenvalue weighted by atomic mass is 9.98. The molecule has 4 aromatic rings. The molecule has 7 heteroatoms. The molecule has 164 valence electrons. The summed E-state index contributed by atoms with van der Waals surface area (Å²) in [7, 11) is 0. The average Bonchev–Trinajstić information content (AvgIpc) is 3.39. The minimum absolute atomic E-state index is 0.0417. The van der Waals surface area contributed by atoms with Crippen molar-refractivity contribution in [2.45, 2.75) is 13.0 Å². The molecule has 0 spiro atoms. The first-order valence-electron chi connectivity index (χ1n) is 10.5. The molecular formula is C26H20N2O5. The second-order valence-electron chi connectivity index (χ2n) is 7.50. The smallest absolute Gasteiger partial charge is 0.294 e. The van der Waals surface area contributed by atoms with E-state index in [-0.39, 0.29) is 11.3 Å². The Morgan fingerprint density at radius 3 is 2.55 bits per heavy atom. The first-order valence-corrected chi connectivity index (χ1v) is 10.5. The molecule has 1 atom stereocenters. The fourth-order valence-electron chi connectivity index (χ4n) is 4.02. The third-order valence-electron chi connectivity index (χ3n) is 5.50. The summed E-state index contributed by atoms with van der Waals surface area (Å²) in [5, 5.41) is 11.6. The van der Waals surface area contributed by atoms with E-state index >= 15 is 0 Å². The van der Waals surface area contributed by atoms with E-state index in [1.165, 1.54) is 4.90 Å². The summed E-state index contributed by atoms with van der Waals surface area (Å²) < 4.78 is 11.2. The molecule has 0 radical (unpaired) electrons. The summed E-state index contributed by atoms with van der Waals surface area (Å²) in [4.78, 5) is 32.5. The van der Waals surface area contributed by atoms with Crippen LogP contribution in [-0.4, -0.2) is 28.4 Å². The number of hydrogen-bond acceptors (Lipinski definition) is 6. The summed E-state index contributed by atoms with van der Waals surface area (Å²) in [6.07, 6.45) is 1.58. The molecule has 33 heavy (non-hydrogen) atoms. The van der Waals surface area contributed by atoms with Gasteiger partial charge in [0.2, 0.25) is 5.78 Å². The van der Waals surface area contributed by atoms with Crippen LogP contribution in [-0.2, 0) is 4.79 Å². The first kappa shape index (κ1) is 20.5. The van der Waals surface area contributed by atoms with Crippen LogP contribution in [0, 0.1) is 0 Å². The van der Waals surface area contributed by atoms with Crippen molar-refractivity contribution in [3.8, 4) is 5.75 Å². The molecule has 1 N–H and O–H groups in total. The quantitative estimate of drug-likeness (QED) is 0.424. The minimum atomic E-state index is -0.919. The fourth-order valence-corrected chi connectivity index (χ4v) is 4.02. The van der Waals surface area contributed by atoms with E-state index < -0.39 is 23.5 Å². The van der Waals surface area contributed by atoms with Gasteiger partial charge in [0, 0.05) is 17.3 Å². The standard InChI is InChI=1S/C26H20N2O5/c1-2-32-18-12-10-17(11-13-18)28-23(19-8-5-6-14-27-19)22(25(30)26(28)31)24(29)21-15-16-7-3-4-9-20(16)33-21/h3-15,23,30H,2H2,1H3. The summed E-state index contributed by atoms with van der Waals surface area (Å²) in [6, 6.07) is 20.0. The van der Waals surface area contributed by atoms with Gasteiger partial charge in [-0.2, -0.15) is 0 Å². The molecule has 0 bridgehead atoms. The van der Waals surface area contributed by atoms with E-state index in [1.807, 2.05) is 19.1 Å². The fraction of sp³-hybridized carbons (Fsp3) is 0.115. The summed E-state index contributed by atoms with van der Waals surface area (Å²) >= 11 is 0. The van der Waals surface area contributed by atoms with Crippen LogP contribution in [0.3, 0.4) is 0 Å². The van der Waals surface area contributed by atoms with Crippen molar-refractivity contribution < 1.29 is 23.8 Å². The maximum Gasteiger partial charge on any atom is 0.294 e. The maximum absolute atomic E-state index is 13.5. The van der Waals surface area contributed by atoms with Gasteiger partial charge in [-0.1, -0.05) is 24.3 Å². The Morgan fingerprint density at radius 2 is 1.85 bits per heavy atom. The van der Waals surface area contributed by atoms with Crippen LogP contribution in [0.25, 0.3) is 11.0 Å². The largest absolute Gasteiger partial charge is 0.503 e. The van der Waals surface area contributed by atoms with Crippen LogP contribution in [0.4, 0.5) is 5.69 Å². The Kier molecular flexibility index (Phi) is 5.14. The number of nitrogens with zero attached hydrogens (tertiary/aromatic N) is 2. The van der Waals surface area contributed by atoms with Gasteiger partial charge in [-0.05, 0) is 55.5 Å². The molecule has 1 unspecified atom stereocenters. The molecule has 3 heterocycles. The number of hydrogen-bond donors (Lipinski definition) is 1. The maximum atomic E-state index is 13.5. The van der Waals surface area contributed by atoms with Crippen molar-refractivity contribution in [1.29, 1.82) is 0 Å². The van der Waals surface area contributed by atoms with Gasteiger partial charge in [-0.15, -0.1) is 0 Å². The lowest BCUT2D eigenvalue weighted by Gasteiger charge is -2.26. The first-order chi connectivity index (χ1) is 16.1. The van der Waals surface area contributed by atoms with Gasteiger partial charge in [0.25, 0.3) is 5.91 Å². The predicted molar refractivity (Wildman–Crippen MR) is 122 cm³/mol. The zero-order chi connectivity index (χ0) is 22.9. The Morgan fingerprint density at radius 1 is 1.09 bits per heavy atom. The van der Waals surface area contributed by atoms with Crippen LogP contribution in [0.1, 0.15) is 29.2 Å². The van der Waals surface area contributed by atoms with Crippen LogP contribution in [0.2, 0.25) is 0 Å². The molecule has 0 saturated carbocycles. The second-order valence-corrected chi connectivity index (χ2v) is 7.50. The number of aliphatic hydroxyl groups excluding tert-OH is 1. The molecule has 0 saturated heterocycles. The molecule has 0 aliphatic carbocycles. The molecule has 5 rings (SSSR count). The van der Waals surface area contributed by atoms with E-state index in [9.17, 15) is 14.7 Å². The summed E-state index contributed by atoms with van der Waals surface area (Å²) in [5.41, 5.74) is 1.41. The van der Waals surface area contributed by atoms with E-state index in [4.69, 9.17) is 9.15 Å². The number of rotatable bonds is 6. The number of para-hydroxylation sites is 1. The number of benzene rings is 2. The van der Waals surface area contributed by atoms with Crippen LogP contribution in [0.5, 0.6) is 5.75 Å². The number of ketones is 1. The predicted octanol–water partition coefficient (Wildman–Crippen LogP) is 5.01. The number of aliphatic hydroxyl groups is 1. The highest BCUT2D eigenvalue weighted by Gasteiger charge is 2.46. The number of ether oxygens (including phenoxy) is 1. The molecule has 2 aromatic carbocycles. The number of amides is 1. The molecular weight excluding hydrogens is 420 g/mol. The average molecular weight is 440 g/mol. The molecule has 7 nitrogen and oxygen atoms in total. The van der Waals surface area contributed by atoms with Gasteiger partial charge >= 0.3 is 0 Å². The van der Waals surface area contributed by atoms with Crippen molar-refractivity contribution >= 4 is 28.3 Å². The SMILES string of the molecule is CCOc1ccc(N2C(=O)C(O)=C(C(=O)c3cc4ccccc4o3)C2c2ccccn2)cc1. The van der Waals surface area contributed by atoms with E-state index in [2.05, 4.69) is 4.98 Å². The Labute approximate surface area is 189 Å². The monoisotopic (exact) mass is 440 g/mol. The highest BCUT2D eigenvalue weighted by molar-refractivity contribution is 6.20. The second kappa shape index (κ2) is 8.27. The van der Waals surface area contributed by atoms with Crippen molar-refractivity contribution in [2.24, 2.45) is 0 Å². The molecule has 0 fully saturated rings. The van der Waals surface area contributed by atoms with Crippen molar-refractivity contribution in [3.63, 3.8) is 0 Å². The number of fused-ring (bicyclic) bond motifs is 1. The van der Waals surface area contributed by atoms with Gasteiger partial charge in [-0.3, -0.25) is 19.5 Å². The van der Waals surface area contributed by atoms with Crippen LogP contribution in [0.15, 0.2) is 94.7 Å². The molecule has 2 aromatic heterocycles. The van der Waals surface area contributed by atoms with Crippen molar-refractivity contribution in [2.75, 3.05) is 11.5 Å². The Bertz CT molecular complexity index is 1340. The van der Waals surface area contributed by atoms with E-state index in [0.29, 0.717) is 29.3 Å². The molecule has 1 aliphatic rings. The van der Waals surface area contributed by atoms with Gasteiger partial charge in [-0.25, -0.2) is 0 Å². The zero-order valence-electron chi connectivity index (χ0n) is 17.8. The van der Waals surface area contributed by atoms with Crippen LogP contribution >= 0.6 is 0 Å². The normalized spacial score (nSPS) is 16.0. The number of anilines is 1. The molecule has 1 amide bonds. The number of aromatic nitrogens is 1. The van der Waals surface area contributed by atoms with Crippen LogP contribution < -0.4 is 9.64 Å². The lowest BCUT2D eigenvalue weighted by Crippen LogP contribution is -2.31. The van der Waals surface area contributed by atoms with Gasteiger partial charge in [0.05, 0.1) is 17.9 Å². The summed E-state index contributed by atoms with van der Waals surface area (Å²) in [5.74, 6) is -1.18. The van der Waals surface area contributed by atoms with Gasteiger partial charge in [0.15, 0.2) is 11.5 Å². The lowest BCUT2D eigenvalue weighted by molar-refractivity contribution is -0.117. The Balaban J connectivity index is 1.61. The van der Waals surface area contributed by atoms with Gasteiger partial charge in [0.1, 0.15) is 17.4 Å². The number of furan rings is 1. The van der Waals surface area contributed by atoms with Gasteiger partial charge < -0.3 is 14.3 Å². The highest BCUT2D eigenvalue weighted by Crippen LogP contribution is 2.42. The third-order valence-corrected chi connectivity index (χ3v) is 5.50. The Hall–Kier alpha value is -4.39. The summed E-state index contributed by atoms with van der Waals surface area (Å²) in [6.45, 7) is 2.39. The van der Waals surface area contributed by atoms with Crippen molar-refractivity contribution in [3.05, 3.63) is 102 Å². The van der Waals surface area contributed by atoms with E-state index in [0.717, 1.165) is 5.39 Å². The molecule has 1 aliphatic heterocycles. The number of carbonyl (C=O) groups is 2.